The van der Waals surface area contributed by atoms with Crippen LogP contribution in [0, 0.1) is 0 Å². The van der Waals surface area contributed by atoms with Crippen LogP contribution in [0.3, 0.4) is 0 Å². The third-order valence-electron chi connectivity index (χ3n) is 4.16. The fourth-order valence-electron chi connectivity index (χ4n) is 2.72. The predicted molar refractivity (Wildman–Crippen MR) is 95.0 cm³/mol. The van der Waals surface area contributed by atoms with Gasteiger partial charge in [-0.1, -0.05) is 60.7 Å². The third kappa shape index (κ3) is 4.31. The van der Waals surface area contributed by atoms with E-state index in [1.807, 2.05) is 0 Å². The fraction of sp³-hybridized carbons (Fsp3) is 0.350. The lowest BCUT2D eigenvalue weighted by molar-refractivity contribution is -0.276. The van der Waals surface area contributed by atoms with Crippen LogP contribution in [-0.4, -0.2) is 44.9 Å². The van der Waals surface area contributed by atoms with Crippen molar-refractivity contribution in [3.8, 4) is 0 Å². The van der Waals surface area contributed by atoms with Crippen LogP contribution < -0.4 is 0 Å². The smallest absolute Gasteiger partial charge is 0.432 e. The number of nitrogens with zero attached hydrogens (tertiary/aromatic N) is 1. The fourth-order valence-corrected chi connectivity index (χ4v) is 2.72. The lowest BCUT2D eigenvalue weighted by Gasteiger charge is -2.33. The predicted octanol–water partition coefficient (Wildman–Crippen LogP) is 3.94. The lowest BCUT2D eigenvalue weighted by atomic mass is 9.92. The minimum absolute atomic E-state index is 0.393. The van der Waals surface area contributed by atoms with Crippen molar-refractivity contribution in [3.05, 3.63) is 71.8 Å². The first-order chi connectivity index (χ1) is 13.1. The summed E-state index contributed by atoms with van der Waals surface area (Å²) in [6.45, 7) is -0.614. The van der Waals surface area contributed by atoms with Crippen LogP contribution in [0.15, 0.2) is 60.7 Å². The molecule has 0 radical (unpaired) electrons. The van der Waals surface area contributed by atoms with Gasteiger partial charge in [-0.15, -0.1) is 0 Å². The van der Waals surface area contributed by atoms with Gasteiger partial charge in [-0.2, -0.15) is 13.2 Å². The van der Waals surface area contributed by atoms with Gasteiger partial charge in [0, 0.05) is 12.7 Å². The molecule has 0 aliphatic rings. The number of halogens is 3. The van der Waals surface area contributed by atoms with Crippen molar-refractivity contribution >= 4 is 5.97 Å². The molecular formula is C20H22F3NO3. The maximum absolute atomic E-state index is 13.9. The van der Waals surface area contributed by atoms with Crippen LogP contribution >= 0.6 is 0 Å². The highest BCUT2D eigenvalue weighted by atomic mass is 19.4. The molecule has 0 spiro atoms. The van der Waals surface area contributed by atoms with Gasteiger partial charge in [-0.05, 0) is 19.7 Å². The van der Waals surface area contributed by atoms with E-state index in [1.165, 1.54) is 23.1 Å². The van der Waals surface area contributed by atoms with E-state index in [2.05, 4.69) is 0 Å². The molecule has 0 unspecified atom stereocenters. The molecule has 0 aromatic heterocycles. The first-order valence-corrected chi connectivity index (χ1v) is 8.17. The Kier molecular flexibility index (Phi) is 6.13. The summed E-state index contributed by atoms with van der Waals surface area (Å²) in [5.41, 5.74) is -3.20. The first kappa shape index (κ1) is 19.4. The molecule has 146 valence electrons. The van der Waals surface area contributed by atoms with E-state index in [9.17, 15) is 18.0 Å². The minimum Gasteiger partial charge on any atom is -0.461 e. The van der Waals surface area contributed by atoms with Crippen molar-refractivity contribution in [2.75, 3.05) is 27.8 Å². The highest BCUT2D eigenvalue weighted by Gasteiger charge is 2.64. The van der Waals surface area contributed by atoms with E-state index in [4.69, 9.17) is 10.8 Å². The van der Waals surface area contributed by atoms with Crippen molar-refractivity contribution in [2.45, 2.75) is 17.8 Å². The second-order valence-corrected chi connectivity index (χ2v) is 6.03. The van der Waals surface area contributed by atoms with Crippen LogP contribution in [0.2, 0.25) is 0 Å². The van der Waals surface area contributed by atoms with Crippen LogP contribution in [0.1, 0.15) is 18.5 Å². The average Bonchev–Trinajstić information content (AvgIpc) is 2.67. The molecule has 27 heavy (non-hydrogen) atoms. The first-order valence-electron chi connectivity index (χ1n) is 8.67. The van der Waals surface area contributed by atoms with E-state index < -0.39 is 35.9 Å². The van der Waals surface area contributed by atoms with Gasteiger partial charge in [-0.3, -0.25) is 4.90 Å². The second kappa shape index (κ2) is 8.54. The van der Waals surface area contributed by atoms with Crippen LogP contribution in [0.5, 0.6) is 0 Å². The molecule has 7 heteroatoms. The van der Waals surface area contributed by atoms with E-state index in [-0.39, 0.29) is 0 Å². The molecule has 2 atom stereocenters. The van der Waals surface area contributed by atoms with Crippen molar-refractivity contribution in [1.29, 1.82) is 0 Å². The number of hydrogen-bond donors (Lipinski definition) is 0. The molecular weight excluding hydrogens is 359 g/mol. The second-order valence-electron chi connectivity index (χ2n) is 6.03. The molecule has 0 saturated heterocycles. The van der Waals surface area contributed by atoms with Gasteiger partial charge in [0.2, 0.25) is 0 Å². The Morgan fingerprint density at radius 3 is 2.04 bits per heavy atom. The Balaban J connectivity index is 2.39. The molecule has 2 aromatic carbocycles. The zero-order valence-electron chi connectivity index (χ0n) is 16.3. The van der Waals surface area contributed by atoms with Crippen molar-refractivity contribution in [2.24, 2.45) is 0 Å². The normalized spacial score (nSPS) is 16.9. The summed E-state index contributed by atoms with van der Waals surface area (Å²) in [7, 11) is 3.97. The summed E-state index contributed by atoms with van der Waals surface area (Å²) in [6, 6.07) is 13.4. The van der Waals surface area contributed by atoms with Crippen molar-refractivity contribution in [1.82, 2.24) is 4.90 Å². The number of carbonyl (C=O) groups excluding carboxylic acids is 1. The van der Waals surface area contributed by atoms with Gasteiger partial charge < -0.3 is 9.47 Å². The maximum atomic E-state index is 13.9. The molecule has 4 nitrogen and oxygen atoms in total. The number of likely N-dealkylation sites (N-methyl/N-ethyl adjacent to an activating group) is 1. The zero-order chi connectivity index (χ0) is 21.0. The molecule has 0 N–H and O–H groups in total. The van der Waals surface area contributed by atoms with Gasteiger partial charge in [0.25, 0.3) is 5.60 Å². The molecule has 2 rings (SSSR count). The maximum Gasteiger partial charge on any atom is 0.432 e. The van der Waals surface area contributed by atoms with E-state index in [0.717, 1.165) is 19.2 Å². The summed E-state index contributed by atoms with van der Waals surface area (Å²) in [6.07, 6.45) is -5.06. The standard InChI is InChI=1S/C20H22F3NO3/c1-24(2)17(15-10-6-4-7-11-15)14-27-18(25)19(26-3,20(21,22)23)16-12-8-5-9-13-16/h4-13,17H,14H2,1-3H3/t17-,19+/m0/s1/i17D. The zero-order valence-corrected chi connectivity index (χ0v) is 15.3. The number of carbonyl (C=O) groups is 1. The Morgan fingerprint density at radius 2 is 1.59 bits per heavy atom. The topological polar surface area (TPSA) is 38.8 Å². The van der Waals surface area contributed by atoms with Crippen LogP contribution in [0.25, 0.3) is 0 Å². The number of ether oxygens (including phenoxy) is 2. The van der Waals surface area contributed by atoms with Gasteiger partial charge >= 0.3 is 12.1 Å². The van der Waals surface area contributed by atoms with Crippen LogP contribution in [-0.2, 0) is 19.9 Å². The van der Waals surface area contributed by atoms with E-state index >= 15 is 0 Å². The molecule has 0 aliphatic heterocycles. The molecule has 0 bridgehead atoms. The summed E-state index contributed by atoms with van der Waals surface area (Å²) in [5, 5.41) is 0. The van der Waals surface area contributed by atoms with Gasteiger partial charge in [0.1, 0.15) is 6.61 Å². The van der Waals surface area contributed by atoms with Gasteiger partial charge in [0.15, 0.2) is 0 Å². The molecule has 2 aromatic rings. The largest absolute Gasteiger partial charge is 0.461 e. The molecule has 0 fully saturated rings. The average molecular weight is 382 g/mol. The van der Waals surface area contributed by atoms with E-state index in [1.54, 1.807) is 44.4 Å². The Labute approximate surface area is 157 Å². The van der Waals surface area contributed by atoms with Gasteiger partial charge in [0.05, 0.1) is 7.39 Å². The summed E-state index contributed by atoms with van der Waals surface area (Å²) < 4.78 is 60.2. The number of benzene rings is 2. The number of methoxy groups -OCH3 is 1. The minimum atomic E-state index is -5.06. The molecule has 0 aliphatic carbocycles. The third-order valence-corrected chi connectivity index (χ3v) is 4.16. The highest BCUT2D eigenvalue weighted by Crippen LogP contribution is 2.43. The quantitative estimate of drug-likeness (QED) is 0.680. The Bertz CT molecular complexity index is 786. The molecule has 0 amide bonds. The Morgan fingerprint density at radius 1 is 1.07 bits per heavy atom. The summed E-state index contributed by atoms with van der Waals surface area (Å²) in [5.74, 6) is -1.62. The molecule has 0 heterocycles. The summed E-state index contributed by atoms with van der Waals surface area (Å²) in [4.78, 5) is 14.1. The highest BCUT2D eigenvalue weighted by molar-refractivity contribution is 5.82. The van der Waals surface area contributed by atoms with Crippen molar-refractivity contribution < 1.29 is 28.8 Å². The van der Waals surface area contributed by atoms with Crippen molar-refractivity contribution in [3.63, 3.8) is 0 Å². The number of rotatable bonds is 7. The number of hydrogen-bond acceptors (Lipinski definition) is 4. The number of alkyl halides is 3. The van der Waals surface area contributed by atoms with Crippen LogP contribution in [0.4, 0.5) is 13.2 Å². The van der Waals surface area contributed by atoms with E-state index in [0.29, 0.717) is 5.56 Å². The SMILES string of the molecule is [2H][C@](COC(=O)[C@](OC)(c1ccccc1)C(F)(F)F)(c1ccccc1)N(C)C. The number of esters is 1. The Hall–Kier alpha value is -2.38. The monoisotopic (exact) mass is 382 g/mol. The lowest BCUT2D eigenvalue weighted by Crippen LogP contribution is -2.52. The summed E-state index contributed by atoms with van der Waals surface area (Å²) >= 11 is 0. The molecule has 0 saturated carbocycles. The van der Waals surface area contributed by atoms with Gasteiger partial charge in [-0.25, -0.2) is 4.79 Å².